The lowest BCUT2D eigenvalue weighted by molar-refractivity contribution is -0.167. The van der Waals surface area contributed by atoms with E-state index >= 15 is 0 Å². The van der Waals surface area contributed by atoms with Gasteiger partial charge in [0, 0.05) is 12.3 Å². The van der Waals surface area contributed by atoms with Gasteiger partial charge in [-0.1, -0.05) is 0 Å². The van der Waals surface area contributed by atoms with Crippen LogP contribution in [0, 0.1) is 0 Å². The number of hydrogen-bond acceptors (Lipinski definition) is 9. The molecule has 0 bridgehead atoms. The third-order valence-corrected chi connectivity index (χ3v) is 3.94. The van der Waals surface area contributed by atoms with Gasteiger partial charge in [0.15, 0.2) is 12.3 Å². The summed E-state index contributed by atoms with van der Waals surface area (Å²) in [5.74, 6) is -3.92. The molecule has 0 spiro atoms. The number of nitrogens with zero attached hydrogens (tertiary/aromatic N) is 1. The van der Waals surface area contributed by atoms with Gasteiger partial charge in [-0.15, -0.1) is 0 Å². The number of aliphatic carboxylic acids is 2. The number of carbonyl (C=O) groups is 3. The van der Waals surface area contributed by atoms with E-state index in [0.29, 0.717) is 6.08 Å². The molecule has 2 heterocycles. The summed E-state index contributed by atoms with van der Waals surface area (Å²) in [6, 6.07) is 1.01. The number of nitrogens with one attached hydrogen (secondary N) is 1. The van der Waals surface area contributed by atoms with Crippen LogP contribution < -0.4 is 11.2 Å². The van der Waals surface area contributed by atoms with Crippen molar-refractivity contribution in [2.45, 2.75) is 37.4 Å². The summed E-state index contributed by atoms with van der Waals surface area (Å²) in [6.45, 7) is 0.778. The van der Waals surface area contributed by atoms with Crippen LogP contribution in [0.15, 0.2) is 34.2 Å². The normalized spacial score (nSPS) is 26.3. The van der Waals surface area contributed by atoms with E-state index in [9.17, 15) is 29.1 Å². The van der Waals surface area contributed by atoms with Crippen molar-refractivity contribution < 1.29 is 43.9 Å². The van der Waals surface area contributed by atoms with E-state index in [0.717, 1.165) is 23.1 Å². The molecule has 1 saturated heterocycles. The molecule has 158 valence electrons. The van der Waals surface area contributed by atoms with Crippen LogP contribution in [0.2, 0.25) is 0 Å². The van der Waals surface area contributed by atoms with Crippen molar-refractivity contribution in [3.8, 4) is 0 Å². The molecule has 1 fully saturated rings. The van der Waals surface area contributed by atoms with Crippen molar-refractivity contribution in [1.82, 2.24) is 9.55 Å². The van der Waals surface area contributed by atoms with Crippen LogP contribution in [0.25, 0.3) is 0 Å². The number of carboxylic acid groups (broad SMARTS) is 2. The van der Waals surface area contributed by atoms with E-state index in [2.05, 4.69) is 0 Å². The summed E-state index contributed by atoms with van der Waals surface area (Å²) in [6.07, 6.45) is -2.53. The number of ether oxygens (including phenoxy) is 3. The average molecular weight is 414 g/mol. The molecule has 29 heavy (non-hydrogen) atoms. The van der Waals surface area contributed by atoms with Gasteiger partial charge in [0.1, 0.15) is 24.7 Å². The maximum Gasteiger partial charge on any atom is 0.331 e. The minimum Gasteiger partial charge on any atom is -0.498 e. The molecule has 4 atom stereocenters. The van der Waals surface area contributed by atoms with Crippen molar-refractivity contribution in [2.75, 3.05) is 6.61 Å². The number of esters is 1. The third-order valence-electron chi connectivity index (χ3n) is 3.94. The van der Waals surface area contributed by atoms with Gasteiger partial charge in [-0.25, -0.2) is 9.59 Å². The molecule has 0 saturated carbocycles. The standard InChI is InChI=1S/C16H18N2O11/c1-16(26)13(29-12(24)6-11(22)23)8(7-27-5-3-10(20)21)28-14(16)18-4-2-9(19)17-15(18)25/h2-5,8,13-14,26H,6-7H2,1H3,(H,20,21)(H,22,23)(H,17,19,25)/b5-3+/t8-,13-,14-,16+/m1/s1. The highest BCUT2D eigenvalue weighted by Gasteiger charge is 2.56. The number of aliphatic hydroxyl groups is 1. The fourth-order valence-electron chi connectivity index (χ4n) is 2.74. The number of rotatable bonds is 8. The summed E-state index contributed by atoms with van der Waals surface area (Å²) in [5.41, 5.74) is -3.64. The monoisotopic (exact) mass is 414 g/mol. The van der Waals surface area contributed by atoms with E-state index < -0.39 is 66.2 Å². The van der Waals surface area contributed by atoms with Gasteiger partial charge < -0.3 is 29.5 Å². The van der Waals surface area contributed by atoms with E-state index in [1.807, 2.05) is 4.98 Å². The minimum absolute atomic E-state index is 0.403. The summed E-state index contributed by atoms with van der Waals surface area (Å²) in [4.78, 5) is 58.3. The SMILES string of the molecule is C[C@]1(O)[C@H](OC(=O)CC(=O)O)[C@@H](CO/C=C/C(=O)O)O[C@H]1n1ccc(=O)[nH]c1=O. The fraction of sp³-hybridized carbons (Fsp3) is 0.438. The number of hydrogen-bond donors (Lipinski definition) is 4. The van der Waals surface area contributed by atoms with Gasteiger partial charge in [0.2, 0.25) is 0 Å². The Morgan fingerprint density at radius 2 is 2.03 bits per heavy atom. The van der Waals surface area contributed by atoms with Crippen LogP contribution in [-0.4, -0.2) is 67.2 Å². The summed E-state index contributed by atoms with van der Waals surface area (Å²) in [5, 5.41) is 28.2. The molecule has 0 aliphatic carbocycles. The average Bonchev–Trinajstić information content (AvgIpc) is 2.82. The Bertz CT molecular complexity index is 929. The van der Waals surface area contributed by atoms with Crippen molar-refractivity contribution >= 4 is 17.9 Å². The molecular weight excluding hydrogens is 396 g/mol. The van der Waals surface area contributed by atoms with Crippen LogP contribution in [-0.2, 0) is 28.6 Å². The Kier molecular flexibility index (Phi) is 6.56. The molecule has 1 aromatic heterocycles. The van der Waals surface area contributed by atoms with Gasteiger partial charge in [-0.05, 0) is 6.92 Å². The lowest BCUT2D eigenvalue weighted by Gasteiger charge is -2.29. The molecule has 1 aliphatic heterocycles. The smallest absolute Gasteiger partial charge is 0.331 e. The molecule has 1 aliphatic rings. The van der Waals surface area contributed by atoms with Crippen molar-refractivity contribution in [2.24, 2.45) is 0 Å². The topological polar surface area (TPSA) is 194 Å². The molecule has 4 N–H and O–H groups in total. The van der Waals surface area contributed by atoms with E-state index in [1.54, 1.807) is 0 Å². The minimum atomic E-state index is -2.04. The fourth-order valence-corrected chi connectivity index (χ4v) is 2.74. The highest BCUT2D eigenvalue weighted by Crippen LogP contribution is 2.39. The van der Waals surface area contributed by atoms with Gasteiger partial charge in [0.05, 0.1) is 12.3 Å². The molecular formula is C16H18N2O11. The molecule has 0 aromatic carbocycles. The quantitative estimate of drug-likeness (QED) is 0.162. The Morgan fingerprint density at radius 3 is 2.62 bits per heavy atom. The molecule has 0 unspecified atom stereocenters. The molecule has 0 amide bonds. The molecule has 0 radical (unpaired) electrons. The Morgan fingerprint density at radius 1 is 1.34 bits per heavy atom. The summed E-state index contributed by atoms with van der Waals surface area (Å²) >= 11 is 0. The van der Waals surface area contributed by atoms with Gasteiger partial charge in [-0.3, -0.25) is 23.9 Å². The Labute approximate surface area is 161 Å². The first kappa shape index (κ1) is 21.8. The molecule has 2 rings (SSSR count). The number of H-pyrrole nitrogens is 1. The number of aromatic nitrogens is 2. The lowest BCUT2D eigenvalue weighted by atomic mass is 9.96. The third kappa shape index (κ3) is 5.30. The van der Waals surface area contributed by atoms with Crippen molar-refractivity contribution in [1.29, 1.82) is 0 Å². The zero-order valence-corrected chi connectivity index (χ0v) is 15.0. The van der Waals surface area contributed by atoms with Crippen LogP contribution >= 0.6 is 0 Å². The first-order valence-electron chi connectivity index (χ1n) is 8.14. The van der Waals surface area contributed by atoms with Gasteiger partial charge >= 0.3 is 23.6 Å². The molecule has 13 nitrogen and oxygen atoms in total. The summed E-state index contributed by atoms with van der Waals surface area (Å²) < 4.78 is 16.5. The second-order valence-electron chi connectivity index (χ2n) is 6.23. The predicted molar refractivity (Wildman–Crippen MR) is 90.7 cm³/mol. The first-order chi connectivity index (χ1) is 13.5. The lowest BCUT2D eigenvalue weighted by Crippen LogP contribution is -2.49. The van der Waals surface area contributed by atoms with Crippen LogP contribution in [0.5, 0.6) is 0 Å². The maximum absolute atomic E-state index is 12.1. The number of carbonyl (C=O) groups excluding carboxylic acids is 1. The molecule has 13 heteroatoms. The highest BCUT2D eigenvalue weighted by molar-refractivity contribution is 5.90. The van der Waals surface area contributed by atoms with Crippen LogP contribution in [0.3, 0.4) is 0 Å². The number of aromatic amines is 1. The second-order valence-corrected chi connectivity index (χ2v) is 6.23. The summed E-state index contributed by atoms with van der Waals surface area (Å²) in [7, 11) is 0. The Hall–Kier alpha value is -3.45. The van der Waals surface area contributed by atoms with E-state index in [1.165, 1.54) is 6.92 Å². The number of carboxylic acids is 2. The Balaban J connectivity index is 2.31. The van der Waals surface area contributed by atoms with E-state index in [4.69, 9.17) is 24.4 Å². The maximum atomic E-state index is 12.1. The zero-order chi connectivity index (χ0) is 21.8. The first-order valence-corrected chi connectivity index (χ1v) is 8.14. The van der Waals surface area contributed by atoms with Crippen molar-refractivity contribution in [3.05, 3.63) is 45.4 Å². The highest BCUT2D eigenvalue weighted by atomic mass is 16.6. The van der Waals surface area contributed by atoms with Crippen LogP contribution in [0.1, 0.15) is 19.6 Å². The zero-order valence-electron chi connectivity index (χ0n) is 15.0. The second kappa shape index (κ2) is 8.70. The predicted octanol–water partition coefficient (Wildman–Crippen LogP) is -1.81. The van der Waals surface area contributed by atoms with Gasteiger partial charge in [0.25, 0.3) is 5.56 Å². The van der Waals surface area contributed by atoms with E-state index in [-0.39, 0.29) is 0 Å². The van der Waals surface area contributed by atoms with Crippen molar-refractivity contribution in [3.63, 3.8) is 0 Å². The molecule has 1 aromatic rings. The largest absolute Gasteiger partial charge is 0.498 e. The van der Waals surface area contributed by atoms with Gasteiger partial charge in [-0.2, -0.15) is 0 Å². The van der Waals surface area contributed by atoms with Crippen LogP contribution in [0.4, 0.5) is 0 Å².